The largest absolute Gasteiger partial charge is 0.370 e. The van der Waals surface area contributed by atoms with Crippen LogP contribution in [-0.4, -0.2) is 35.2 Å². The van der Waals surface area contributed by atoms with E-state index in [4.69, 9.17) is 5.73 Å². The number of nitrogens with zero attached hydrogens (tertiary/aromatic N) is 3. The standard InChI is InChI=1S/C18H20N4O3S2/c1-11-14(9-10-15(19)23)12(2)22-17(20-11)16(18(21-22)26-3)27(24,25)13-7-5-4-6-8-13/h4-8H,9-10H2,1-3H3,(H2,19,23). The summed E-state index contributed by atoms with van der Waals surface area (Å²) in [5.74, 6) is -0.397. The highest BCUT2D eigenvalue weighted by Gasteiger charge is 2.29. The van der Waals surface area contributed by atoms with Crippen molar-refractivity contribution in [3.63, 3.8) is 0 Å². The first-order valence-corrected chi connectivity index (χ1v) is 11.0. The van der Waals surface area contributed by atoms with Crippen LogP contribution in [0.15, 0.2) is 45.1 Å². The minimum Gasteiger partial charge on any atom is -0.370 e. The molecule has 9 heteroatoms. The van der Waals surface area contributed by atoms with Crippen LogP contribution < -0.4 is 5.73 Å². The van der Waals surface area contributed by atoms with Gasteiger partial charge >= 0.3 is 0 Å². The fourth-order valence-corrected chi connectivity index (χ4v) is 5.43. The van der Waals surface area contributed by atoms with Gasteiger partial charge in [-0.25, -0.2) is 17.9 Å². The Kier molecular flexibility index (Phi) is 5.25. The van der Waals surface area contributed by atoms with E-state index in [0.717, 1.165) is 11.3 Å². The maximum atomic E-state index is 13.2. The van der Waals surface area contributed by atoms with Gasteiger partial charge in [0.25, 0.3) is 0 Å². The van der Waals surface area contributed by atoms with Crippen molar-refractivity contribution in [2.45, 2.75) is 41.5 Å². The molecule has 2 aromatic heterocycles. The number of aryl methyl sites for hydroxylation is 2. The number of aromatic nitrogens is 3. The van der Waals surface area contributed by atoms with E-state index >= 15 is 0 Å². The minimum absolute atomic E-state index is 0.105. The molecule has 2 heterocycles. The molecular weight excluding hydrogens is 384 g/mol. The zero-order valence-corrected chi connectivity index (χ0v) is 16.9. The minimum atomic E-state index is -3.78. The van der Waals surface area contributed by atoms with Gasteiger partial charge in [0.15, 0.2) is 10.5 Å². The third-order valence-corrected chi connectivity index (χ3v) is 7.00. The molecule has 0 saturated heterocycles. The van der Waals surface area contributed by atoms with Crippen molar-refractivity contribution in [1.82, 2.24) is 14.6 Å². The van der Waals surface area contributed by atoms with E-state index in [1.165, 1.54) is 11.8 Å². The second kappa shape index (κ2) is 7.32. The number of hydrogen-bond acceptors (Lipinski definition) is 6. The summed E-state index contributed by atoms with van der Waals surface area (Å²) in [7, 11) is -3.78. The van der Waals surface area contributed by atoms with Crippen LogP contribution in [0.4, 0.5) is 0 Å². The van der Waals surface area contributed by atoms with Gasteiger partial charge in [-0.1, -0.05) is 18.2 Å². The Morgan fingerprint density at radius 2 is 1.89 bits per heavy atom. The molecule has 142 valence electrons. The second-order valence-electron chi connectivity index (χ2n) is 6.12. The quantitative estimate of drug-likeness (QED) is 0.632. The van der Waals surface area contributed by atoms with Gasteiger partial charge in [0.2, 0.25) is 15.7 Å². The molecule has 1 aromatic carbocycles. The predicted molar refractivity (Wildman–Crippen MR) is 104 cm³/mol. The Hall–Kier alpha value is -2.39. The topological polar surface area (TPSA) is 107 Å². The molecule has 3 aromatic rings. The van der Waals surface area contributed by atoms with E-state index in [2.05, 4.69) is 10.1 Å². The highest BCUT2D eigenvalue weighted by Crippen LogP contribution is 2.33. The van der Waals surface area contributed by atoms with E-state index in [9.17, 15) is 13.2 Å². The molecule has 1 amide bonds. The number of nitrogens with two attached hydrogens (primary N) is 1. The van der Waals surface area contributed by atoms with Gasteiger partial charge < -0.3 is 5.73 Å². The summed E-state index contributed by atoms with van der Waals surface area (Å²) in [4.78, 5) is 16.0. The Balaban J connectivity index is 2.27. The molecule has 0 bridgehead atoms. The summed E-state index contributed by atoms with van der Waals surface area (Å²) in [5.41, 5.74) is 7.82. The van der Waals surface area contributed by atoms with Crippen LogP contribution >= 0.6 is 11.8 Å². The highest BCUT2D eigenvalue weighted by molar-refractivity contribution is 7.99. The summed E-state index contributed by atoms with van der Waals surface area (Å²) in [6.45, 7) is 3.64. The lowest BCUT2D eigenvalue weighted by Gasteiger charge is -2.11. The summed E-state index contributed by atoms with van der Waals surface area (Å²) in [6.07, 6.45) is 2.41. The molecule has 0 aliphatic carbocycles. The number of fused-ring (bicyclic) bond motifs is 1. The molecule has 0 atom stereocenters. The van der Waals surface area contributed by atoms with Crippen molar-refractivity contribution in [3.8, 4) is 0 Å². The van der Waals surface area contributed by atoms with Crippen LogP contribution in [0.2, 0.25) is 0 Å². The third-order valence-electron chi connectivity index (χ3n) is 4.39. The summed E-state index contributed by atoms with van der Waals surface area (Å²) >= 11 is 1.26. The Morgan fingerprint density at radius 1 is 1.22 bits per heavy atom. The first kappa shape index (κ1) is 19.4. The summed E-state index contributed by atoms with van der Waals surface area (Å²) < 4.78 is 28.0. The average molecular weight is 405 g/mol. The number of benzene rings is 1. The smallest absolute Gasteiger partial charge is 0.217 e. The van der Waals surface area contributed by atoms with Crippen LogP contribution in [0, 0.1) is 13.8 Å². The van der Waals surface area contributed by atoms with Gasteiger partial charge in [0, 0.05) is 17.8 Å². The van der Waals surface area contributed by atoms with Crippen molar-refractivity contribution in [2.24, 2.45) is 5.73 Å². The van der Waals surface area contributed by atoms with Crippen molar-refractivity contribution >= 4 is 33.2 Å². The first-order valence-electron chi connectivity index (χ1n) is 8.28. The zero-order valence-electron chi connectivity index (χ0n) is 15.3. The number of amides is 1. The summed E-state index contributed by atoms with van der Waals surface area (Å²) in [6, 6.07) is 8.25. The van der Waals surface area contributed by atoms with Crippen LogP contribution in [-0.2, 0) is 21.1 Å². The van der Waals surface area contributed by atoms with E-state index in [1.807, 2.05) is 6.92 Å². The zero-order chi connectivity index (χ0) is 19.8. The number of sulfone groups is 1. The molecule has 0 unspecified atom stereocenters. The number of primary amides is 1. The normalized spacial score (nSPS) is 11.8. The van der Waals surface area contributed by atoms with Gasteiger partial charge in [-0.05, 0) is 44.2 Å². The monoisotopic (exact) mass is 404 g/mol. The SMILES string of the molecule is CSc1nn2c(C)c(CCC(N)=O)c(C)nc2c1S(=O)(=O)c1ccccc1. The molecule has 0 saturated carbocycles. The number of thioether (sulfide) groups is 1. The number of hydrogen-bond donors (Lipinski definition) is 1. The lowest BCUT2D eigenvalue weighted by molar-refractivity contribution is -0.117. The first-order chi connectivity index (χ1) is 12.8. The average Bonchev–Trinajstić information content (AvgIpc) is 3.01. The van der Waals surface area contributed by atoms with E-state index in [0.29, 0.717) is 22.8 Å². The predicted octanol–water partition coefficient (Wildman–Crippen LogP) is 2.32. The van der Waals surface area contributed by atoms with Gasteiger partial charge in [-0.2, -0.15) is 5.10 Å². The van der Waals surface area contributed by atoms with Crippen molar-refractivity contribution in [1.29, 1.82) is 0 Å². The second-order valence-corrected chi connectivity index (χ2v) is 8.80. The fourth-order valence-electron chi connectivity index (χ4n) is 3.02. The molecule has 0 fully saturated rings. The van der Waals surface area contributed by atoms with Gasteiger partial charge in [-0.15, -0.1) is 11.8 Å². The fraction of sp³-hybridized carbons (Fsp3) is 0.278. The molecular formula is C18H20N4O3S2. The molecule has 0 aliphatic heterocycles. The molecule has 3 rings (SSSR count). The molecule has 0 aliphatic rings. The highest BCUT2D eigenvalue weighted by atomic mass is 32.2. The van der Waals surface area contributed by atoms with Crippen LogP contribution in [0.25, 0.3) is 5.65 Å². The van der Waals surface area contributed by atoms with Crippen LogP contribution in [0.5, 0.6) is 0 Å². The maximum absolute atomic E-state index is 13.2. The van der Waals surface area contributed by atoms with Crippen LogP contribution in [0.3, 0.4) is 0 Å². The van der Waals surface area contributed by atoms with E-state index in [-0.39, 0.29) is 16.2 Å². The lowest BCUT2D eigenvalue weighted by Crippen LogP contribution is -2.14. The van der Waals surface area contributed by atoms with Gasteiger partial charge in [0.05, 0.1) is 4.90 Å². The van der Waals surface area contributed by atoms with Crippen molar-refractivity contribution in [3.05, 3.63) is 47.3 Å². The summed E-state index contributed by atoms with van der Waals surface area (Å²) in [5, 5.41) is 4.86. The van der Waals surface area contributed by atoms with Gasteiger partial charge in [-0.3, -0.25) is 4.79 Å². The molecule has 7 nitrogen and oxygen atoms in total. The van der Waals surface area contributed by atoms with Crippen molar-refractivity contribution < 1.29 is 13.2 Å². The number of rotatable bonds is 6. The van der Waals surface area contributed by atoms with Crippen LogP contribution in [0.1, 0.15) is 23.4 Å². The Morgan fingerprint density at radius 3 is 2.48 bits per heavy atom. The van der Waals surface area contributed by atoms with E-state index < -0.39 is 15.7 Å². The number of carbonyl (C=O) groups excluding carboxylic acids is 1. The number of carbonyl (C=O) groups is 1. The third kappa shape index (κ3) is 3.44. The lowest BCUT2D eigenvalue weighted by atomic mass is 10.1. The molecule has 0 radical (unpaired) electrons. The van der Waals surface area contributed by atoms with Gasteiger partial charge in [0.1, 0.15) is 5.03 Å². The molecule has 27 heavy (non-hydrogen) atoms. The molecule has 0 spiro atoms. The Bertz CT molecular complexity index is 1120. The van der Waals surface area contributed by atoms with Crippen molar-refractivity contribution in [2.75, 3.05) is 6.26 Å². The Labute approximate surface area is 161 Å². The molecule has 2 N–H and O–H groups in total. The maximum Gasteiger partial charge on any atom is 0.217 e. The van der Waals surface area contributed by atoms with E-state index in [1.54, 1.807) is 48.0 Å².